The number of anilines is 1. The number of carbonyl (C=O) groups is 1. The van der Waals surface area contributed by atoms with Gasteiger partial charge in [0.05, 0.1) is 10.6 Å². The van der Waals surface area contributed by atoms with Gasteiger partial charge in [0.25, 0.3) is 0 Å². The molecule has 0 aliphatic heterocycles. The summed E-state index contributed by atoms with van der Waals surface area (Å²) in [6, 6.07) is 5.07. The van der Waals surface area contributed by atoms with Gasteiger partial charge >= 0.3 is 12.1 Å². The number of alkyl halides is 3. The Hall–Kier alpha value is -1.73. The van der Waals surface area contributed by atoms with E-state index in [-0.39, 0.29) is 22.1 Å². The normalized spacial score (nSPS) is 11.4. The molecule has 1 heterocycles. The largest absolute Gasteiger partial charge is 0.477 e. The van der Waals surface area contributed by atoms with Crippen molar-refractivity contribution in [1.29, 1.82) is 0 Å². The summed E-state index contributed by atoms with van der Waals surface area (Å²) in [6.45, 7) is 0.115. The van der Waals surface area contributed by atoms with Crippen LogP contribution in [0.5, 0.6) is 0 Å². The van der Waals surface area contributed by atoms with E-state index in [0.29, 0.717) is 5.56 Å². The van der Waals surface area contributed by atoms with E-state index in [2.05, 4.69) is 5.32 Å². The smallest absolute Gasteiger partial charge is 0.417 e. The molecule has 0 bridgehead atoms. The molecule has 1 aromatic carbocycles. The summed E-state index contributed by atoms with van der Waals surface area (Å²) in [5, 5.41) is 13.0. The van der Waals surface area contributed by atoms with Crippen molar-refractivity contribution in [3.05, 3.63) is 50.7 Å². The average molecular weight is 336 g/mol. The molecule has 0 aliphatic carbocycles. The van der Waals surface area contributed by atoms with E-state index < -0.39 is 17.7 Å². The second-order valence-corrected chi connectivity index (χ2v) is 5.45. The quantitative estimate of drug-likeness (QED) is 0.849. The SMILES string of the molecule is O=C(O)c1sccc1CNc1ccc(Cl)c(C(F)(F)F)c1. The Morgan fingerprint density at radius 1 is 1.33 bits per heavy atom. The summed E-state index contributed by atoms with van der Waals surface area (Å²) < 4.78 is 38.2. The summed E-state index contributed by atoms with van der Waals surface area (Å²) in [5.74, 6) is -1.06. The Labute approximate surface area is 127 Å². The summed E-state index contributed by atoms with van der Waals surface area (Å²) in [5.41, 5.74) is -0.205. The predicted octanol–water partition coefficient (Wildman–Crippen LogP) is 4.73. The fourth-order valence-corrected chi connectivity index (χ4v) is 2.70. The second-order valence-electron chi connectivity index (χ2n) is 4.13. The fraction of sp³-hybridized carbons (Fsp3) is 0.154. The Morgan fingerprint density at radius 2 is 2.05 bits per heavy atom. The van der Waals surface area contributed by atoms with Crippen molar-refractivity contribution in [2.24, 2.45) is 0 Å². The lowest BCUT2D eigenvalue weighted by atomic mass is 10.2. The Kier molecular flexibility index (Phi) is 4.43. The van der Waals surface area contributed by atoms with Crippen molar-refractivity contribution >= 4 is 34.6 Å². The molecule has 1 aromatic heterocycles. The molecule has 2 aromatic rings. The molecule has 0 spiro atoms. The molecule has 0 atom stereocenters. The maximum Gasteiger partial charge on any atom is 0.417 e. The van der Waals surface area contributed by atoms with Crippen LogP contribution in [0.2, 0.25) is 5.02 Å². The van der Waals surface area contributed by atoms with Crippen LogP contribution >= 0.6 is 22.9 Å². The highest BCUT2D eigenvalue weighted by Gasteiger charge is 2.33. The van der Waals surface area contributed by atoms with Gasteiger partial charge in [0.2, 0.25) is 0 Å². The van der Waals surface area contributed by atoms with E-state index >= 15 is 0 Å². The molecule has 0 fully saturated rings. The molecule has 0 aliphatic rings. The van der Waals surface area contributed by atoms with Gasteiger partial charge in [-0.2, -0.15) is 13.2 Å². The molecular formula is C13H9ClF3NO2S. The first-order valence-corrected chi connectivity index (χ1v) is 6.95. The Bertz CT molecular complexity index is 670. The molecule has 2 rings (SSSR count). The van der Waals surface area contributed by atoms with E-state index in [1.165, 1.54) is 6.07 Å². The second kappa shape index (κ2) is 5.95. The van der Waals surface area contributed by atoms with Crippen LogP contribution in [-0.2, 0) is 12.7 Å². The van der Waals surface area contributed by atoms with Gasteiger partial charge in [-0.3, -0.25) is 0 Å². The van der Waals surface area contributed by atoms with Gasteiger partial charge in [-0.25, -0.2) is 4.79 Å². The van der Waals surface area contributed by atoms with Gasteiger partial charge < -0.3 is 10.4 Å². The number of aromatic carboxylic acids is 1. The minimum Gasteiger partial charge on any atom is -0.477 e. The van der Waals surface area contributed by atoms with Crippen LogP contribution in [0.3, 0.4) is 0 Å². The summed E-state index contributed by atoms with van der Waals surface area (Å²) >= 11 is 6.59. The molecule has 2 N–H and O–H groups in total. The van der Waals surface area contributed by atoms with E-state index in [9.17, 15) is 18.0 Å². The number of hydrogen-bond acceptors (Lipinski definition) is 3. The van der Waals surface area contributed by atoms with E-state index in [1.54, 1.807) is 11.4 Å². The maximum atomic E-state index is 12.7. The van der Waals surface area contributed by atoms with Crippen LogP contribution in [0.4, 0.5) is 18.9 Å². The molecule has 112 valence electrons. The lowest BCUT2D eigenvalue weighted by Crippen LogP contribution is -2.08. The van der Waals surface area contributed by atoms with Gasteiger partial charge in [0.1, 0.15) is 4.88 Å². The van der Waals surface area contributed by atoms with Crippen molar-refractivity contribution in [2.75, 3.05) is 5.32 Å². The molecule has 8 heteroatoms. The molecule has 0 saturated carbocycles. The van der Waals surface area contributed by atoms with Crippen molar-refractivity contribution in [3.63, 3.8) is 0 Å². The zero-order valence-corrected chi connectivity index (χ0v) is 11.9. The van der Waals surface area contributed by atoms with Gasteiger partial charge in [-0.05, 0) is 35.2 Å². The lowest BCUT2D eigenvalue weighted by Gasteiger charge is -2.12. The van der Waals surface area contributed by atoms with Crippen LogP contribution in [0.1, 0.15) is 20.8 Å². The first kappa shape index (κ1) is 15.7. The summed E-state index contributed by atoms with van der Waals surface area (Å²) in [7, 11) is 0. The topological polar surface area (TPSA) is 49.3 Å². The third-order valence-corrected chi connectivity index (χ3v) is 3.97. The maximum absolute atomic E-state index is 12.7. The molecule has 0 unspecified atom stereocenters. The van der Waals surface area contributed by atoms with Gasteiger partial charge in [-0.1, -0.05) is 11.6 Å². The predicted molar refractivity (Wildman–Crippen MR) is 75.1 cm³/mol. The first-order chi connectivity index (χ1) is 9.79. The third kappa shape index (κ3) is 3.68. The average Bonchev–Trinajstić information content (AvgIpc) is 2.85. The number of nitrogens with one attached hydrogen (secondary N) is 1. The van der Waals surface area contributed by atoms with Gasteiger partial charge in [-0.15, -0.1) is 11.3 Å². The minimum atomic E-state index is -4.54. The highest BCUT2D eigenvalue weighted by atomic mass is 35.5. The van der Waals surface area contributed by atoms with Crippen LogP contribution in [0, 0.1) is 0 Å². The van der Waals surface area contributed by atoms with E-state index in [1.807, 2.05) is 0 Å². The van der Waals surface area contributed by atoms with Crippen LogP contribution in [0.25, 0.3) is 0 Å². The van der Waals surface area contributed by atoms with Crippen LogP contribution in [-0.4, -0.2) is 11.1 Å². The number of halogens is 4. The lowest BCUT2D eigenvalue weighted by molar-refractivity contribution is -0.137. The highest BCUT2D eigenvalue weighted by Crippen LogP contribution is 2.36. The Balaban J connectivity index is 2.17. The van der Waals surface area contributed by atoms with Crippen molar-refractivity contribution in [1.82, 2.24) is 0 Å². The zero-order chi connectivity index (χ0) is 15.6. The molecule has 0 saturated heterocycles. The standard InChI is InChI=1S/C13H9ClF3NO2S/c14-10-2-1-8(5-9(10)13(15,16)17)18-6-7-3-4-21-11(7)12(19)20/h1-5,18H,6H2,(H,19,20). The van der Waals surface area contributed by atoms with Gasteiger partial charge in [0, 0.05) is 12.2 Å². The number of carboxylic acid groups (broad SMARTS) is 1. The third-order valence-electron chi connectivity index (χ3n) is 2.70. The molecular weight excluding hydrogens is 327 g/mol. The number of rotatable bonds is 4. The van der Waals surface area contributed by atoms with Gasteiger partial charge in [0.15, 0.2) is 0 Å². The van der Waals surface area contributed by atoms with Crippen molar-refractivity contribution in [3.8, 4) is 0 Å². The fourth-order valence-electron chi connectivity index (χ4n) is 1.71. The van der Waals surface area contributed by atoms with Crippen molar-refractivity contribution < 1.29 is 23.1 Å². The number of hydrogen-bond donors (Lipinski definition) is 2. The first-order valence-electron chi connectivity index (χ1n) is 5.69. The van der Waals surface area contributed by atoms with Crippen LogP contribution in [0.15, 0.2) is 29.6 Å². The molecule has 3 nitrogen and oxygen atoms in total. The monoisotopic (exact) mass is 335 g/mol. The Morgan fingerprint density at radius 3 is 2.67 bits per heavy atom. The zero-order valence-electron chi connectivity index (χ0n) is 10.4. The number of thiophene rings is 1. The van der Waals surface area contributed by atoms with Crippen molar-refractivity contribution in [2.45, 2.75) is 12.7 Å². The van der Waals surface area contributed by atoms with E-state index in [4.69, 9.17) is 16.7 Å². The minimum absolute atomic E-state index is 0.115. The number of carboxylic acids is 1. The molecule has 0 radical (unpaired) electrons. The number of benzene rings is 1. The van der Waals surface area contributed by atoms with E-state index in [0.717, 1.165) is 23.5 Å². The summed E-state index contributed by atoms with van der Waals surface area (Å²) in [6.07, 6.45) is -4.54. The molecule has 21 heavy (non-hydrogen) atoms. The molecule has 0 amide bonds. The summed E-state index contributed by atoms with van der Waals surface area (Å²) in [4.78, 5) is 11.1. The van der Waals surface area contributed by atoms with Crippen LogP contribution < -0.4 is 5.32 Å². The highest BCUT2D eigenvalue weighted by molar-refractivity contribution is 7.12.